The van der Waals surface area contributed by atoms with E-state index in [-0.39, 0.29) is 5.41 Å². The third-order valence-corrected chi connectivity index (χ3v) is 3.78. The lowest BCUT2D eigenvalue weighted by Crippen LogP contribution is -2.49. The fourth-order valence-corrected chi connectivity index (χ4v) is 3.07. The Kier molecular flexibility index (Phi) is 2.78. The number of nitrogens with zero attached hydrogens (tertiary/aromatic N) is 1. The Morgan fingerprint density at radius 3 is 2.13 bits per heavy atom. The molecular formula is C13H23NO. The number of carbonyl (C=O) groups is 1. The molecule has 2 aliphatic rings. The van der Waals surface area contributed by atoms with Gasteiger partial charge in [0.1, 0.15) is 0 Å². The highest BCUT2D eigenvalue weighted by atomic mass is 16.2. The van der Waals surface area contributed by atoms with Crippen LogP contribution in [0.1, 0.15) is 46.5 Å². The molecule has 1 heterocycles. The highest BCUT2D eigenvalue weighted by molar-refractivity contribution is 5.81. The van der Waals surface area contributed by atoms with Gasteiger partial charge in [0.05, 0.1) is 0 Å². The maximum absolute atomic E-state index is 12.2. The molecule has 2 fully saturated rings. The van der Waals surface area contributed by atoms with Gasteiger partial charge in [-0.2, -0.15) is 0 Å². The van der Waals surface area contributed by atoms with Crippen LogP contribution in [0.15, 0.2) is 0 Å². The van der Waals surface area contributed by atoms with Crippen molar-refractivity contribution in [2.45, 2.75) is 46.5 Å². The van der Waals surface area contributed by atoms with E-state index in [9.17, 15) is 4.79 Å². The molecule has 0 N–H and O–H groups in total. The van der Waals surface area contributed by atoms with Gasteiger partial charge in [-0.25, -0.2) is 0 Å². The third kappa shape index (κ3) is 2.35. The summed E-state index contributed by atoms with van der Waals surface area (Å²) in [5.41, 5.74) is -0.203. The predicted octanol–water partition coefficient (Wildman–Crippen LogP) is 2.68. The summed E-state index contributed by atoms with van der Waals surface area (Å²) in [6.07, 6.45) is 5.43. The summed E-state index contributed by atoms with van der Waals surface area (Å²) in [6.45, 7) is 8.12. The van der Waals surface area contributed by atoms with Crippen molar-refractivity contribution >= 4 is 5.91 Å². The molecule has 2 bridgehead atoms. The topological polar surface area (TPSA) is 20.3 Å². The van der Waals surface area contributed by atoms with Crippen molar-refractivity contribution in [1.29, 1.82) is 0 Å². The molecule has 0 spiro atoms. The minimum Gasteiger partial charge on any atom is -0.342 e. The van der Waals surface area contributed by atoms with E-state index in [1.807, 2.05) is 20.8 Å². The average molecular weight is 209 g/mol. The molecule has 2 atom stereocenters. The van der Waals surface area contributed by atoms with Crippen LogP contribution in [0.2, 0.25) is 0 Å². The van der Waals surface area contributed by atoms with Crippen LogP contribution < -0.4 is 0 Å². The summed E-state index contributed by atoms with van der Waals surface area (Å²) >= 11 is 0. The second-order valence-electron chi connectivity index (χ2n) is 6.36. The lowest BCUT2D eigenvalue weighted by Gasteiger charge is -2.43. The first-order chi connectivity index (χ1) is 6.97. The van der Waals surface area contributed by atoms with Gasteiger partial charge in [0.25, 0.3) is 0 Å². The van der Waals surface area contributed by atoms with Crippen LogP contribution >= 0.6 is 0 Å². The van der Waals surface area contributed by atoms with Crippen LogP contribution in [0.3, 0.4) is 0 Å². The molecule has 0 radical (unpaired) electrons. The van der Waals surface area contributed by atoms with Crippen LogP contribution in [-0.2, 0) is 4.79 Å². The van der Waals surface area contributed by atoms with Gasteiger partial charge in [-0.3, -0.25) is 4.79 Å². The number of fused-ring (bicyclic) bond motifs is 2. The Bertz CT molecular complexity index is 242. The zero-order valence-corrected chi connectivity index (χ0v) is 10.3. The van der Waals surface area contributed by atoms with Gasteiger partial charge in [-0.15, -0.1) is 0 Å². The van der Waals surface area contributed by atoms with Crippen LogP contribution in [0.4, 0.5) is 0 Å². The molecule has 2 rings (SSSR count). The van der Waals surface area contributed by atoms with E-state index >= 15 is 0 Å². The first kappa shape index (κ1) is 11.0. The first-order valence-electron chi connectivity index (χ1n) is 6.26. The summed E-state index contributed by atoms with van der Waals surface area (Å²) in [4.78, 5) is 14.3. The number of hydrogen-bond acceptors (Lipinski definition) is 1. The van der Waals surface area contributed by atoms with Gasteiger partial charge in [0, 0.05) is 18.5 Å². The number of piperidine rings is 1. The molecule has 0 aromatic heterocycles. The monoisotopic (exact) mass is 209 g/mol. The molecule has 86 valence electrons. The zero-order chi connectivity index (χ0) is 11.1. The second-order valence-corrected chi connectivity index (χ2v) is 6.36. The highest BCUT2D eigenvalue weighted by Gasteiger charge is 2.36. The minimum absolute atomic E-state index is 0.203. The number of likely N-dealkylation sites (tertiary alicyclic amines) is 1. The Morgan fingerprint density at radius 2 is 1.67 bits per heavy atom. The molecule has 1 aliphatic heterocycles. The number of rotatable bonds is 0. The van der Waals surface area contributed by atoms with Crippen LogP contribution in [-0.4, -0.2) is 23.9 Å². The van der Waals surface area contributed by atoms with Crippen LogP contribution in [0.5, 0.6) is 0 Å². The Balaban J connectivity index is 2.02. The van der Waals surface area contributed by atoms with Gasteiger partial charge in [0.15, 0.2) is 0 Å². The molecule has 1 aliphatic carbocycles. The SMILES string of the molecule is CC(C)(C)C(=O)N1CC2CCCC(C2)C1. The Labute approximate surface area is 93.0 Å². The van der Waals surface area contributed by atoms with Crippen molar-refractivity contribution in [2.75, 3.05) is 13.1 Å². The van der Waals surface area contributed by atoms with E-state index in [4.69, 9.17) is 0 Å². The fourth-order valence-electron chi connectivity index (χ4n) is 3.07. The van der Waals surface area contributed by atoms with Gasteiger partial charge >= 0.3 is 0 Å². The molecule has 1 amide bonds. The van der Waals surface area contributed by atoms with Gasteiger partial charge in [-0.1, -0.05) is 27.2 Å². The summed E-state index contributed by atoms with van der Waals surface area (Å²) < 4.78 is 0. The normalized spacial score (nSPS) is 31.5. The molecule has 2 unspecified atom stereocenters. The summed E-state index contributed by atoms with van der Waals surface area (Å²) in [6, 6.07) is 0. The fraction of sp³-hybridized carbons (Fsp3) is 0.923. The number of amides is 1. The van der Waals surface area contributed by atoms with E-state index in [1.54, 1.807) is 0 Å². The molecule has 0 aromatic carbocycles. The molecular weight excluding hydrogens is 186 g/mol. The molecule has 2 nitrogen and oxygen atoms in total. The second kappa shape index (κ2) is 3.80. The molecule has 15 heavy (non-hydrogen) atoms. The smallest absolute Gasteiger partial charge is 0.227 e. The summed E-state index contributed by atoms with van der Waals surface area (Å²) in [5, 5.41) is 0. The lowest BCUT2D eigenvalue weighted by molar-refractivity contribution is -0.143. The maximum atomic E-state index is 12.2. The van der Waals surface area contributed by atoms with Crippen LogP contribution in [0, 0.1) is 17.3 Å². The van der Waals surface area contributed by atoms with E-state index in [0.717, 1.165) is 24.9 Å². The van der Waals surface area contributed by atoms with Crippen molar-refractivity contribution < 1.29 is 4.79 Å². The predicted molar refractivity (Wildman–Crippen MR) is 61.5 cm³/mol. The maximum Gasteiger partial charge on any atom is 0.227 e. The number of hydrogen-bond donors (Lipinski definition) is 0. The largest absolute Gasteiger partial charge is 0.342 e. The molecule has 1 saturated heterocycles. The number of carbonyl (C=O) groups excluding carboxylic acids is 1. The van der Waals surface area contributed by atoms with Crippen molar-refractivity contribution in [2.24, 2.45) is 17.3 Å². The Hall–Kier alpha value is -0.530. The molecule has 1 saturated carbocycles. The van der Waals surface area contributed by atoms with Gasteiger partial charge in [-0.05, 0) is 31.1 Å². The van der Waals surface area contributed by atoms with Gasteiger partial charge < -0.3 is 4.90 Å². The third-order valence-electron chi connectivity index (χ3n) is 3.78. The van der Waals surface area contributed by atoms with Crippen molar-refractivity contribution in [1.82, 2.24) is 4.90 Å². The van der Waals surface area contributed by atoms with Crippen LogP contribution in [0.25, 0.3) is 0 Å². The quantitative estimate of drug-likeness (QED) is 0.600. The lowest BCUT2D eigenvalue weighted by atomic mass is 9.77. The Morgan fingerprint density at radius 1 is 1.13 bits per heavy atom. The van der Waals surface area contributed by atoms with Crippen molar-refractivity contribution in [3.63, 3.8) is 0 Å². The van der Waals surface area contributed by atoms with E-state index < -0.39 is 0 Å². The summed E-state index contributed by atoms with van der Waals surface area (Å²) in [7, 11) is 0. The molecule has 2 heteroatoms. The zero-order valence-electron chi connectivity index (χ0n) is 10.3. The van der Waals surface area contributed by atoms with Gasteiger partial charge in [0.2, 0.25) is 5.91 Å². The summed E-state index contributed by atoms with van der Waals surface area (Å²) in [5.74, 6) is 1.94. The first-order valence-corrected chi connectivity index (χ1v) is 6.26. The highest BCUT2D eigenvalue weighted by Crippen LogP contribution is 2.35. The average Bonchev–Trinajstić information content (AvgIpc) is 2.14. The van der Waals surface area contributed by atoms with Crippen molar-refractivity contribution in [3.05, 3.63) is 0 Å². The van der Waals surface area contributed by atoms with E-state index in [0.29, 0.717) is 5.91 Å². The van der Waals surface area contributed by atoms with E-state index in [2.05, 4.69) is 4.90 Å². The standard InChI is InChI=1S/C13H23NO/c1-13(2,3)12(15)14-8-10-5-4-6-11(7-10)9-14/h10-11H,4-9H2,1-3H3. The van der Waals surface area contributed by atoms with E-state index in [1.165, 1.54) is 25.7 Å². The molecule has 0 aromatic rings. The van der Waals surface area contributed by atoms with Crippen molar-refractivity contribution in [3.8, 4) is 0 Å². The minimum atomic E-state index is -0.203.